The molecule has 1 heterocycles. The number of rotatable bonds is 2. The van der Waals surface area contributed by atoms with Gasteiger partial charge in [-0.15, -0.1) is 12.4 Å². The maximum Gasteiger partial charge on any atom is 0.243 e. The first kappa shape index (κ1) is 12.1. The van der Waals surface area contributed by atoms with Crippen LogP contribution in [-0.4, -0.2) is 12.0 Å². The van der Waals surface area contributed by atoms with Crippen LogP contribution in [0.5, 0.6) is 11.5 Å². The van der Waals surface area contributed by atoms with Gasteiger partial charge in [0.25, 0.3) is 0 Å². The van der Waals surface area contributed by atoms with Crippen molar-refractivity contribution in [2.45, 2.75) is 6.04 Å². The monoisotopic (exact) mass is 249 g/mol. The van der Waals surface area contributed by atoms with Crippen LogP contribution < -0.4 is 15.2 Å². The quantitative estimate of drug-likeness (QED) is 0.810. The molecule has 0 spiro atoms. The second-order valence-electron chi connectivity index (χ2n) is 2.86. The third-order valence-electron chi connectivity index (χ3n) is 2.01. The molecule has 1 aromatic carbocycles. The molecule has 0 aromatic heterocycles. The summed E-state index contributed by atoms with van der Waals surface area (Å²) in [6.45, 7) is 0.148. The molecular weight excluding hydrogens is 241 g/mol. The van der Waals surface area contributed by atoms with Crippen LogP contribution in [0.4, 0.5) is 0 Å². The number of nitrogens with two attached hydrogens (primary N) is 1. The molecule has 0 bridgehead atoms. The lowest BCUT2D eigenvalue weighted by molar-refractivity contribution is -0.112. The van der Waals surface area contributed by atoms with Crippen LogP contribution >= 0.6 is 24.0 Å². The fourth-order valence-corrected chi connectivity index (χ4v) is 1.44. The molecule has 0 unspecified atom stereocenters. The molecule has 0 amide bonds. The molecule has 6 heteroatoms. The molecule has 0 saturated carbocycles. The van der Waals surface area contributed by atoms with Gasteiger partial charge in [-0.25, -0.2) is 0 Å². The van der Waals surface area contributed by atoms with E-state index in [-0.39, 0.29) is 19.2 Å². The van der Waals surface area contributed by atoms with Crippen LogP contribution in [0.15, 0.2) is 18.2 Å². The van der Waals surface area contributed by atoms with Crippen LogP contribution in [0, 0.1) is 0 Å². The van der Waals surface area contributed by atoms with Gasteiger partial charge < -0.3 is 15.2 Å². The van der Waals surface area contributed by atoms with Crippen molar-refractivity contribution in [1.82, 2.24) is 0 Å². The topological polar surface area (TPSA) is 61.6 Å². The standard InChI is InChI=1S/C9H8ClNO3.ClH/c10-9(12)7(11)5-2-1-3-6-8(5)14-4-13-6;/h1-3,7H,4,11H2;1H/t7-;/m1./s1. The Morgan fingerprint density at radius 3 is 2.87 bits per heavy atom. The molecule has 0 fully saturated rings. The van der Waals surface area contributed by atoms with Crippen LogP contribution in [0.25, 0.3) is 0 Å². The Morgan fingerprint density at radius 1 is 1.47 bits per heavy atom. The van der Waals surface area contributed by atoms with Gasteiger partial charge in [-0.1, -0.05) is 12.1 Å². The smallest absolute Gasteiger partial charge is 0.243 e. The van der Waals surface area contributed by atoms with Crippen molar-refractivity contribution in [2.24, 2.45) is 5.73 Å². The summed E-state index contributed by atoms with van der Waals surface area (Å²) in [6.07, 6.45) is 0. The number of hydrogen-bond acceptors (Lipinski definition) is 4. The van der Waals surface area contributed by atoms with E-state index >= 15 is 0 Å². The van der Waals surface area contributed by atoms with Gasteiger partial charge in [0.1, 0.15) is 6.04 Å². The number of benzene rings is 1. The van der Waals surface area contributed by atoms with Gasteiger partial charge in [-0.05, 0) is 17.7 Å². The number of hydrogen-bond donors (Lipinski definition) is 1. The number of ether oxygens (including phenoxy) is 2. The molecule has 2 N–H and O–H groups in total. The van der Waals surface area contributed by atoms with E-state index in [1.165, 1.54) is 0 Å². The normalized spacial score (nSPS) is 14.3. The SMILES string of the molecule is Cl.N[C@@H](C(=O)Cl)c1cccc2c1OCO2. The Morgan fingerprint density at radius 2 is 2.20 bits per heavy atom. The first-order valence-corrected chi connectivity index (χ1v) is 4.41. The zero-order valence-electron chi connectivity index (χ0n) is 7.60. The summed E-state index contributed by atoms with van der Waals surface area (Å²) < 4.78 is 10.3. The van der Waals surface area contributed by atoms with Crippen LogP contribution in [0.3, 0.4) is 0 Å². The fraction of sp³-hybridized carbons (Fsp3) is 0.222. The highest BCUT2D eigenvalue weighted by Gasteiger charge is 2.24. The molecule has 1 aliphatic heterocycles. The Bertz CT molecular complexity index is 384. The third kappa shape index (κ3) is 2.17. The maximum atomic E-state index is 10.9. The first-order valence-electron chi connectivity index (χ1n) is 4.03. The molecule has 1 aromatic rings. The Balaban J connectivity index is 0.00000112. The Kier molecular flexibility index (Phi) is 3.79. The summed E-state index contributed by atoms with van der Waals surface area (Å²) in [6, 6.07) is 4.31. The molecule has 2 rings (SSSR count). The molecule has 15 heavy (non-hydrogen) atoms. The summed E-state index contributed by atoms with van der Waals surface area (Å²) in [5.41, 5.74) is 6.15. The number of halogens is 2. The third-order valence-corrected chi connectivity index (χ3v) is 2.24. The van der Waals surface area contributed by atoms with E-state index in [0.717, 1.165) is 0 Å². The lowest BCUT2D eigenvalue weighted by Crippen LogP contribution is -2.17. The van der Waals surface area contributed by atoms with Crippen molar-refractivity contribution >= 4 is 29.3 Å². The highest BCUT2D eigenvalue weighted by atomic mass is 35.5. The zero-order valence-corrected chi connectivity index (χ0v) is 9.18. The van der Waals surface area contributed by atoms with Crippen molar-refractivity contribution < 1.29 is 14.3 Å². The van der Waals surface area contributed by atoms with E-state index in [0.29, 0.717) is 17.1 Å². The summed E-state index contributed by atoms with van der Waals surface area (Å²) in [5, 5.41) is -0.617. The largest absolute Gasteiger partial charge is 0.454 e. The Labute approximate surface area is 97.7 Å². The average molecular weight is 250 g/mol. The van der Waals surface area contributed by atoms with Gasteiger partial charge in [-0.3, -0.25) is 4.79 Å². The van der Waals surface area contributed by atoms with Crippen LogP contribution in [0.1, 0.15) is 11.6 Å². The van der Waals surface area contributed by atoms with Gasteiger partial charge in [0, 0.05) is 5.56 Å². The van der Waals surface area contributed by atoms with E-state index in [9.17, 15) is 4.79 Å². The number of fused-ring (bicyclic) bond motifs is 1. The molecule has 1 atom stereocenters. The number of carbonyl (C=O) groups excluding carboxylic acids is 1. The second-order valence-corrected chi connectivity index (χ2v) is 3.24. The van der Waals surface area contributed by atoms with E-state index in [4.69, 9.17) is 26.8 Å². The van der Waals surface area contributed by atoms with Gasteiger partial charge in [0.2, 0.25) is 12.0 Å². The molecular formula is C9H9Cl2NO3. The minimum absolute atomic E-state index is 0. The highest BCUT2D eigenvalue weighted by molar-refractivity contribution is 6.64. The maximum absolute atomic E-state index is 10.9. The first-order chi connectivity index (χ1) is 6.70. The van der Waals surface area contributed by atoms with Gasteiger partial charge in [-0.2, -0.15) is 0 Å². The van der Waals surface area contributed by atoms with Crippen molar-refractivity contribution in [3.63, 3.8) is 0 Å². The summed E-state index contributed by atoms with van der Waals surface area (Å²) in [4.78, 5) is 10.9. The molecule has 4 nitrogen and oxygen atoms in total. The average Bonchev–Trinajstić information content (AvgIpc) is 2.63. The second kappa shape index (κ2) is 4.70. The number of para-hydroxylation sites is 1. The molecule has 1 aliphatic rings. The van der Waals surface area contributed by atoms with Gasteiger partial charge in [0.15, 0.2) is 11.5 Å². The molecule has 0 saturated heterocycles. The predicted molar refractivity (Wildman–Crippen MR) is 57.6 cm³/mol. The van der Waals surface area contributed by atoms with E-state index in [2.05, 4.69) is 0 Å². The van der Waals surface area contributed by atoms with Crippen molar-refractivity contribution in [3.8, 4) is 11.5 Å². The lowest BCUT2D eigenvalue weighted by atomic mass is 10.1. The fourth-order valence-electron chi connectivity index (χ4n) is 1.32. The molecule has 0 radical (unpaired) electrons. The van der Waals surface area contributed by atoms with Crippen molar-refractivity contribution in [2.75, 3.05) is 6.79 Å². The minimum atomic E-state index is -0.867. The van der Waals surface area contributed by atoms with E-state index in [1.807, 2.05) is 0 Å². The summed E-state index contributed by atoms with van der Waals surface area (Å²) >= 11 is 5.30. The van der Waals surface area contributed by atoms with Gasteiger partial charge in [0.05, 0.1) is 0 Å². The Hall–Kier alpha value is -0.970. The lowest BCUT2D eigenvalue weighted by Gasteiger charge is -2.09. The predicted octanol–water partition coefficient (Wildman–Crippen LogP) is 1.60. The van der Waals surface area contributed by atoms with Crippen LogP contribution in [-0.2, 0) is 4.79 Å². The van der Waals surface area contributed by atoms with E-state index < -0.39 is 11.3 Å². The minimum Gasteiger partial charge on any atom is -0.454 e. The van der Waals surface area contributed by atoms with Crippen molar-refractivity contribution in [1.29, 1.82) is 0 Å². The summed E-state index contributed by atoms with van der Waals surface area (Å²) in [5.74, 6) is 1.10. The van der Waals surface area contributed by atoms with Gasteiger partial charge >= 0.3 is 0 Å². The van der Waals surface area contributed by atoms with E-state index in [1.54, 1.807) is 18.2 Å². The number of carbonyl (C=O) groups is 1. The van der Waals surface area contributed by atoms with Crippen molar-refractivity contribution in [3.05, 3.63) is 23.8 Å². The van der Waals surface area contributed by atoms with Crippen LogP contribution in [0.2, 0.25) is 0 Å². The summed E-state index contributed by atoms with van der Waals surface area (Å²) in [7, 11) is 0. The molecule has 0 aliphatic carbocycles. The zero-order chi connectivity index (χ0) is 10.1. The highest BCUT2D eigenvalue weighted by Crippen LogP contribution is 2.38. The molecule has 82 valence electrons.